The molecule has 1 aromatic carbocycles. The van der Waals surface area contributed by atoms with Crippen molar-refractivity contribution in [2.24, 2.45) is 7.05 Å². The first kappa shape index (κ1) is 14.5. The fourth-order valence-corrected chi connectivity index (χ4v) is 2.53. The van der Waals surface area contributed by atoms with E-state index in [9.17, 15) is 0 Å². The Morgan fingerprint density at radius 3 is 2.73 bits per heavy atom. The highest BCUT2D eigenvalue weighted by atomic mass is 15.1. The van der Waals surface area contributed by atoms with Crippen molar-refractivity contribution < 1.29 is 0 Å². The summed E-state index contributed by atoms with van der Waals surface area (Å²) in [6.45, 7) is 2.93. The smallest absolute Gasteiger partial charge is 0.125 e. The molecule has 1 unspecified atom stereocenters. The lowest BCUT2D eigenvalue weighted by Gasteiger charge is -2.14. The minimum absolute atomic E-state index is 0.207. The normalized spacial score (nSPS) is 12.3. The molecule has 4 heteroatoms. The SMILES string of the molecule is CC(NCc1cccc(-c2ccccn2)c1)c1nccn1C. The van der Waals surface area contributed by atoms with E-state index in [0.717, 1.165) is 23.6 Å². The summed E-state index contributed by atoms with van der Waals surface area (Å²) in [7, 11) is 2.02. The summed E-state index contributed by atoms with van der Waals surface area (Å²) in [5, 5.41) is 3.52. The van der Waals surface area contributed by atoms with Crippen molar-refractivity contribution >= 4 is 0 Å². The fourth-order valence-electron chi connectivity index (χ4n) is 2.53. The molecule has 0 fully saturated rings. The van der Waals surface area contributed by atoms with Crippen LogP contribution in [0, 0.1) is 0 Å². The number of nitrogens with zero attached hydrogens (tertiary/aromatic N) is 3. The minimum Gasteiger partial charge on any atom is -0.337 e. The Morgan fingerprint density at radius 1 is 1.09 bits per heavy atom. The molecule has 0 saturated carbocycles. The summed E-state index contributed by atoms with van der Waals surface area (Å²) in [6.07, 6.45) is 5.62. The van der Waals surface area contributed by atoms with E-state index in [2.05, 4.69) is 46.5 Å². The highest BCUT2D eigenvalue weighted by Crippen LogP contribution is 2.18. The lowest BCUT2D eigenvalue weighted by molar-refractivity contribution is 0.530. The number of rotatable bonds is 5. The second-order valence-corrected chi connectivity index (χ2v) is 5.41. The van der Waals surface area contributed by atoms with Crippen LogP contribution in [0.2, 0.25) is 0 Å². The van der Waals surface area contributed by atoms with Gasteiger partial charge < -0.3 is 9.88 Å². The molecular formula is C18H20N4. The molecule has 0 amide bonds. The van der Waals surface area contributed by atoms with E-state index < -0.39 is 0 Å². The number of imidazole rings is 1. The first-order chi connectivity index (χ1) is 10.7. The van der Waals surface area contributed by atoms with Gasteiger partial charge in [-0.15, -0.1) is 0 Å². The predicted octanol–water partition coefficient (Wildman–Crippen LogP) is 3.33. The van der Waals surface area contributed by atoms with Gasteiger partial charge in [-0.3, -0.25) is 4.98 Å². The third-order valence-electron chi connectivity index (χ3n) is 3.75. The molecule has 0 bridgehead atoms. The maximum absolute atomic E-state index is 4.40. The maximum Gasteiger partial charge on any atom is 0.125 e. The zero-order valence-corrected chi connectivity index (χ0v) is 12.9. The summed E-state index contributed by atoms with van der Waals surface area (Å²) < 4.78 is 2.04. The van der Waals surface area contributed by atoms with Crippen molar-refractivity contribution in [1.29, 1.82) is 0 Å². The molecule has 0 spiro atoms. The Labute approximate surface area is 130 Å². The van der Waals surface area contributed by atoms with Crippen LogP contribution in [0.3, 0.4) is 0 Å². The standard InChI is InChI=1S/C18H20N4/c1-14(18-20-10-11-22(18)2)21-13-15-6-5-7-16(12-15)17-8-3-4-9-19-17/h3-12,14,21H,13H2,1-2H3. The van der Waals surface area contributed by atoms with Crippen LogP contribution in [0.15, 0.2) is 61.1 Å². The highest BCUT2D eigenvalue weighted by Gasteiger charge is 2.09. The Bertz CT molecular complexity index is 734. The average molecular weight is 292 g/mol. The number of pyridine rings is 1. The van der Waals surface area contributed by atoms with Crippen LogP contribution in [0.25, 0.3) is 11.3 Å². The van der Waals surface area contributed by atoms with Crippen molar-refractivity contribution in [1.82, 2.24) is 19.9 Å². The van der Waals surface area contributed by atoms with Gasteiger partial charge in [0.05, 0.1) is 11.7 Å². The largest absolute Gasteiger partial charge is 0.337 e. The molecule has 3 aromatic rings. The first-order valence-corrected chi connectivity index (χ1v) is 7.45. The maximum atomic E-state index is 4.40. The number of nitrogens with one attached hydrogen (secondary N) is 1. The number of hydrogen-bond donors (Lipinski definition) is 1. The quantitative estimate of drug-likeness (QED) is 0.784. The van der Waals surface area contributed by atoms with Crippen LogP contribution >= 0.6 is 0 Å². The molecular weight excluding hydrogens is 272 g/mol. The van der Waals surface area contributed by atoms with E-state index in [-0.39, 0.29) is 6.04 Å². The van der Waals surface area contributed by atoms with E-state index in [1.54, 1.807) is 0 Å². The van der Waals surface area contributed by atoms with E-state index in [1.807, 2.05) is 48.4 Å². The van der Waals surface area contributed by atoms with Crippen molar-refractivity contribution in [3.05, 3.63) is 72.4 Å². The average Bonchev–Trinajstić information content (AvgIpc) is 3.00. The lowest BCUT2D eigenvalue weighted by Crippen LogP contribution is -2.21. The summed E-state index contributed by atoms with van der Waals surface area (Å²) in [6, 6.07) is 14.7. The molecule has 22 heavy (non-hydrogen) atoms. The molecule has 112 valence electrons. The van der Waals surface area contributed by atoms with E-state index in [4.69, 9.17) is 0 Å². The van der Waals surface area contributed by atoms with Gasteiger partial charge in [-0.25, -0.2) is 4.98 Å². The zero-order valence-electron chi connectivity index (χ0n) is 12.9. The van der Waals surface area contributed by atoms with Crippen LogP contribution in [0.1, 0.15) is 24.4 Å². The number of aromatic nitrogens is 3. The van der Waals surface area contributed by atoms with Crippen molar-refractivity contribution in [2.75, 3.05) is 0 Å². The van der Waals surface area contributed by atoms with E-state index in [0.29, 0.717) is 0 Å². The molecule has 4 nitrogen and oxygen atoms in total. The van der Waals surface area contributed by atoms with E-state index in [1.165, 1.54) is 5.56 Å². The summed E-state index contributed by atoms with van der Waals surface area (Å²) in [5.74, 6) is 1.04. The Balaban J connectivity index is 1.70. The Hall–Kier alpha value is -2.46. The number of aryl methyl sites for hydroxylation is 1. The topological polar surface area (TPSA) is 42.7 Å². The molecule has 0 aliphatic rings. The molecule has 0 aliphatic carbocycles. The third-order valence-corrected chi connectivity index (χ3v) is 3.75. The fraction of sp³-hybridized carbons (Fsp3) is 0.222. The molecule has 1 N–H and O–H groups in total. The summed E-state index contributed by atoms with van der Waals surface area (Å²) in [4.78, 5) is 8.79. The van der Waals surface area contributed by atoms with Gasteiger partial charge in [-0.2, -0.15) is 0 Å². The molecule has 1 atom stereocenters. The predicted molar refractivity (Wildman–Crippen MR) is 88.1 cm³/mol. The minimum atomic E-state index is 0.207. The van der Waals surface area contributed by atoms with Gasteiger partial charge in [0, 0.05) is 37.7 Å². The Morgan fingerprint density at radius 2 is 2.00 bits per heavy atom. The molecule has 0 aliphatic heterocycles. The van der Waals surface area contributed by atoms with Gasteiger partial charge in [-0.1, -0.05) is 24.3 Å². The second kappa shape index (κ2) is 6.54. The van der Waals surface area contributed by atoms with Gasteiger partial charge in [-0.05, 0) is 30.7 Å². The van der Waals surface area contributed by atoms with Crippen molar-refractivity contribution in [3.63, 3.8) is 0 Å². The molecule has 0 saturated heterocycles. The second-order valence-electron chi connectivity index (χ2n) is 5.41. The summed E-state index contributed by atoms with van der Waals surface area (Å²) >= 11 is 0. The van der Waals surface area contributed by atoms with Gasteiger partial charge in [0.25, 0.3) is 0 Å². The third kappa shape index (κ3) is 3.23. The van der Waals surface area contributed by atoms with Crippen molar-refractivity contribution in [3.8, 4) is 11.3 Å². The van der Waals surface area contributed by atoms with Crippen LogP contribution in [0.5, 0.6) is 0 Å². The molecule has 2 heterocycles. The first-order valence-electron chi connectivity index (χ1n) is 7.45. The summed E-state index contributed by atoms with van der Waals surface area (Å²) in [5.41, 5.74) is 3.38. The van der Waals surface area contributed by atoms with Gasteiger partial charge in [0.2, 0.25) is 0 Å². The highest BCUT2D eigenvalue weighted by molar-refractivity contribution is 5.59. The number of benzene rings is 1. The van der Waals surface area contributed by atoms with Gasteiger partial charge in [0.15, 0.2) is 0 Å². The van der Waals surface area contributed by atoms with Crippen molar-refractivity contribution in [2.45, 2.75) is 19.5 Å². The molecule has 0 radical (unpaired) electrons. The monoisotopic (exact) mass is 292 g/mol. The number of hydrogen-bond acceptors (Lipinski definition) is 3. The molecule has 3 rings (SSSR count). The van der Waals surface area contributed by atoms with Crippen LogP contribution in [0.4, 0.5) is 0 Å². The van der Waals surface area contributed by atoms with Gasteiger partial charge in [0.1, 0.15) is 5.82 Å². The molecule has 2 aromatic heterocycles. The van der Waals surface area contributed by atoms with E-state index >= 15 is 0 Å². The van der Waals surface area contributed by atoms with Crippen LogP contribution in [-0.2, 0) is 13.6 Å². The van der Waals surface area contributed by atoms with Gasteiger partial charge >= 0.3 is 0 Å². The van der Waals surface area contributed by atoms with Crippen LogP contribution < -0.4 is 5.32 Å². The Kier molecular flexibility index (Phi) is 4.30. The zero-order chi connectivity index (χ0) is 15.4. The van der Waals surface area contributed by atoms with Crippen LogP contribution in [-0.4, -0.2) is 14.5 Å². The lowest BCUT2D eigenvalue weighted by atomic mass is 10.1.